The van der Waals surface area contributed by atoms with Crippen LogP contribution in [0.4, 0.5) is 0 Å². The quantitative estimate of drug-likeness (QED) is 0.792. The third kappa shape index (κ3) is 1.67. The van der Waals surface area contributed by atoms with Crippen LogP contribution in [0.25, 0.3) is 0 Å². The van der Waals surface area contributed by atoms with Gasteiger partial charge in [-0.2, -0.15) is 0 Å². The topological polar surface area (TPSA) is 85.8 Å². The summed E-state index contributed by atoms with van der Waals surface area (Å²) in [7, 11) is 1.87. The number of aryl methyl sites for hydroxylation is 1. The molecular formula is C9H11N5O2. The molecule has 2 heterocycles. The number of nitrogens with zero attached hydrogens (tertiary/aromatic N) is 5. The maximum Gasteiger partial charge on any atom is 0.358 e. The molecule has 0 aliphatic rings. The van der Waals surface area contributed by atoms with E-state index >= 15 is 0 Å². The molecular weight excluding hydrogens is 210 g/mol. The molecule has 2 rings (SSSR count). The number of aromatic carboxylic acids is 1. The number of hydrogen-bond donors (Lipinski definition) is 1. The van der Waals surface area contributed by atoms with Crippen LogP contribution in [0.3, 0.4) is 0 Å². The molecule has 0 saturated carbocycles. The van der Waals surface area contributed by atoms with Crippen LogP contribution in [0.15, 0.2) is 12.5 Å². The highest BCUT2D eigenvalue weighted by Gasteiger charge is 2.15. The minimum Gasteiger partial charge on any atom is -0.476 e. The van der Waals surface area contributed by atoms with E-state index in [0.29, 0.717) is 12.2 Å². The summed E-state index contributed by atoms with van der Waals surface area (Å²) in [5.41, 5.74) is 1.46. The van der Waals surface area contributed by atoms with Crippen molar-refractivity contribution in [3.8, 4) is 0 Å². The van der Waals surface area contributed by atoms with Crippen molar-refractivity contribution >= 4 is 5.97 Å². The second-order valence-corrected chi connectivity index (χ2v) is 3.48. The lowest BCUT2D eigenvalue weighted by molar-refractivity contribution is 0.0689. The minimum absolute atomic E-state index is 0.0119. The Hall–Kier alpha value is -2.18. The number of rotatable bonds is 3. The first-order chi connectivity index (χ1) is 7.59. The van der Waals surface area contributed by atoms with Crippen LogP contribution in [0.5, 0.6) is 0 Å². The molecule has 0 atom stereocenters. The summed E-state index contributed by atoms with van der Waals surface area (Å²) in [6.45, 7) is 2.14. The lowest BCUT2D eigenvalue weighted by Gasteiger charge is -2.03. The van der Waals surface area contributed by atoms with Crippen molar-refractivity contribution in [2.24, 2.45) is 7.05 Å². The predicted octanol–water partition coefficient (Wildman–Crippen LogP) is 0.0665. The molecule has 0 unspecified atom stereocenters. The van der Waals surface area contributed by atoms with Gasteiger partial charge < -0.3 is 9.67 Å². The van der Waals surface area contributed by atoms with Crippen molar-refractivity contribution in [3.05, 3.63) is 29.6 Å². The number of carboxylic acid groups (broad SMARTS) is 1. The fourth-order valence-electron chi connectivity index (χ4n) is 1.40. The molecule has 16 heavy (non-hydrogen) atoms. The van der Waals surface area contributed by atoms with E-state index in [4.69, 9.17) is 5.11 Å². The Morgan fingerprint density at radius 2 is 2.31 bits per heavy atom. The molecule has 2 aromatic rings. The predicted molar refractivity (Wildman–Crippen MR) is 54.0 cm³/mol. The number of hydrogen-bond acceptors (Lipinski definition) is 4. The Morgan fingerprint density at radius 1 is 1.56 bits per heavy atom. The van der Waals surface area contributed by atoms with E-state index in [1.54, 1.807) is 24.1 Å². The molecule has 0 aliphatic heterocycles. The van der Waals surface area contributed by atoms with E-state index in [1.165, 1.54) is 0 Å². The summed E-state index contributed by atoms with van der Waals surface area (Å²) in [5, 5.41) is 16.2. The second-order valence-electron chi connectivity index (χ2n) is 3.48. The fourth-order valence-corrected chi connectivity index (χ4v) is 1.40. The number of imidazole rings is 1. The van der Waals surface area contributed by atoms with Gasteiger partial charge in [-0.05, 0) is 6.92 Å². The van der Waals surface area contributed by atoms with Crippen LogP contribution >= 0.6 is 0 Å². The van der Waals surface area contributed by atoms with Crippen molar-refractivity contribution in [2.75, 3.05) is 0 Å². The molecule has 84 valence electrons. The summed E-state index contributed by atoms with van der Waals surface area (Å²) in [4.78, 5) is 14.7. The van der Waals surface area contributed by atoms with Crippen LogP contribution in [-0.4, -0.2) is 35.6 Å². The molecule has 0 aromatic carbocycles. The van der Waals surface area contributed by atoms with Gasteiger partial charge in [-0.25, -0.2) is 14.5 Å². The van der Waals surface area contributed by atoms with Gasteiger partial charge >= 0.3 is 5.97 Å². The van der Waals surface area contributed by atoms with Gasteiger partial charge in [0.15, 0.2) is 5.69 Å². The zero-order chi connectivity index (χ0) is 11.7. The van der Waals surface area contributed by atoms with Crippen molar-refractivity contribution in [1.29, 1.82) is 0 Å². The van der Waals surface area contributed by atoms with Gasteiger partial charge in [-0.15, -0.1) is 5.10 Å². The number of carbonyl (C=O) groups is 1. The molecule has 7 heteroatoms. The molecule has 0 bridgehead atoms. The molecule has 0 fully saturated rings. The Labute approximate surface area is 91.3 Å². The molecule has 0 spiro atoms. The Balaban J connectivity index is 2.29. The van der Waals surface area contributed by atoms with Crippen LogP contribution < -0.4 is 0 Å². The van der Waals surface area contributed by atoms with Crippen molar-refractivity contribution < 1.29 is 9.90 Å². The first-order valence-corrected chi connectivity index (χ1v) is 4.68. The fraction of sp³-hybridized carbons (Fsp3) is 0.333. The van der Waals surface area contributed by atoms with E-state index in [2.05, 4.69) is 15.3 Å². The molecule has 0 amide bonds. The monoisotopic (exact) mass is 221 g/mol. The molecule has 0 radical (unpaired) electrons. The van der Waals surface area contributed by atoms with Gasteiger partial charge in [0.05, 0.1) is 30.5 Å². The maximum atomic E-state index is 10.8. The third-order valence-corrected chi connectivity index (χ3v) is 2.41. The highest BCUT2D eigenvalue weighted by atomic mass is 16.4. The normalized spacial score (nSPS) is 10.6. The molecule has 2 aromatic heterocycles. The summed E-state index contributed by atoms with van der Waals surface area (Å²) >= 11 is 0. The van der Waals surface area contributed by atoms with Crippen LogP contribution in [-0.2, 0) is 13.6 Å². The van der Waals surface area contributed by atoms with Gasteiger partial charge in [0, 0.05) is 7.05 Å². The third-order valence-electron chi connectivity index (χ3n) is 2.41. The van der Waals surface area contributed by atoms with Gasteiger partial charge in [-0.1, -0.05) is 5.21 Å². The van der Waals surface area contributed by atoms with Crippen LogP contribution in [0.2, 0.25) is 0 Å². The minimum atomic E-state index is -1.06. The highest BCUT2D eigenvalue weighted by Crippen LogP contribution is 2.06. The molecule has 1 N–H and O–H groups in total. The SMILES string of the molecule is Cc1c(C(=O)O)nnn1Cc1cncn1C. The van der Waals surface area contributed by atoms with Crippen LogP contribution in [0, 0.1) is 6.92 Å². The summed E-state index contributed by atoms with van der Waals surface area (Å²) < 4.78 is 3.39. The lowest BCUT2D eigenvalue weighted by Crippen LogP contribution is -2.08. The zero-order valence-corrected chi connectivity index (χ0v) is 8.95. The lowest BCUT2D eigenvalue weighted by atomic mass is 10.3. The maximum absolute atomic E-state index is 10.8. The second kappa shape index (κ2) is 3.76. The van der Waals surface area contributed by atoms with E-state index in [1.807, 2.05) is 11.6 Å². The summed E-state index contributed by atoms with van der Waals surface area (Å²) in [5.74, 6) is -1.06. The Bertz CT molecular complexity index is 528. The number of aromatic nitrogens is 5. The highest BCUT2D eigenvalue weighted by molar-refractivity contribution is 5.86. The summed E-state index contributed by atoms with van der Waals surface area (Å²) in [6.07, 6.45) is 3.39. The average Bonchev–Trinajstić information content (AvgIpc) is 2.76. The van der Waals surface area contributed by atoms with Gasteiger partial charge in [0.1, 0.15) is 0 Å². The smallest absolute Gasteiger partial charge is 0.358 e. The van der Waals surface area contributed by atoms with E-state index in [0.717, 1.165) is 5.69 Å². The van der Waals surface area contributed by atoms with Crippen molar-refractivity contribution in [3.63, 3.8) is 0 Å². The first-order valence-electron chi connectivity index (χ1n) is 4.68. The average molecular weight is 221 g/mol. The largest absolute Gasteiger partial charge is 0.476 e. The van der Waals surface area contributed by atoms with E-state index in [9.17, 15) is 4.79 Å². The van der Waals surface area contributed by atoms with Gasteiger partial charge in [-0.3, -0.25) is 0 Å². The molecule has 0 aliphatic carbocycles. The van der Waals surface area contributed by atoms with Crippen molar-refractivity contribution in [1.82, 2.24) is 24.5 Å². The zero-order valence-electron chi connectivity index (χ0n) is 8.95. The molecule has 7 nitrogen and oxygen atoms in total. The van der Waals surface area contributed by atoms with Gasteiger partial charge in [0.2, 0.25) is 0 Å². The first kappa shape index (κ1) is 10.3. The Kier molecular flexibility index (Phi) is 2.43. The number of carboxylic acids is 1. The van der Waals surface area contributed by atoms with E-state index < -0.39 is 5.97 Å². The van der Waals surface area contributed by atoms with Crippen LogP contribution in [0.1, 0.15) is 21.9 Å². The van der Waals surface area contributed by atoms with Crippen molar-refractivity contribution in [2.45, 2.75) is 13.5 Å². The van der Waals surface area contributed by atoms with E-state index in [-0.39, 0.29) is 5.69 Å². The molecule has 0 saturated heterocycles. The summed E-state index contributed by atoms with van der Waals surface area (Å²) in [6, 6.07) is 0. The standard InChI is InChI=1S/C9H11N5O2/c1-6-8(9(15)16)11-12-14(6)4-7-3-10-5-13(7)2/h3,5H,4H2,1-2H3,(H,15,16). The van der Waals surface area contributed by atoms with Gasteiger partial charge in [0.25, 0.3) is 0 Å². The Morgan fingerprint density at radius 3 is 2.81 bits per heavy atom.